The monoisotopic (exact) mass is 348 g/mol. The van der Waals surface area contributed by atoms with Gasteiger partial charge in [-0.05, 0) is 30.7 Å². The van der Waals surface area contributed by atoms with Crippen LogP contribution in [0, 0.1) is 0 Å². The Morgan fingerprint density at radius 1 is 1.25 bits per heavy atom. The normalized spacial score (nSPS) is 14.4. The van der Waals surface area contributed by atoms with E-state index in [1.54, 1.807) is 7.11 Å². The first-order valence-corrected chi connectivity index (χ1v) is 8.65. The van der Waals surface area contributed by atoms with Crippen LogP contribution < -0.4 is 9.64 Å². The van der Waals surface area contributed by atoms with Crippen molar-refractivity contribution < 1.29 is 14.3 Å². The summed E-state index contributed by atoms with van der Waals surface area (Å²) in [5.41, 5.74) is 1.04. The number of hydrogen-bond acceptors (Lipinski definition) is 7. The minimum absolute atomic E-state index is 0.232. The zero-order valence-electron chi connectivity index (χ0n) is 13.9. The topological polar surface area (TPSA) is 69.5 Å². The number of thioether (sulfide) groups is 1. The Balaban J connectivity index is 1.80. The number of ether oxygens (including phenoxy) is 2. The van der Waals surface area contributed by atoms with Gasteiger partial charge in [-0.25, -0.2) is 0 Å². The average Bonchev–Trinajstić information content (AvgIpc) is 3.21. The highest BCUT2D eigenvalue weighted by Gasteiger charge is 2.29. The van der Waals surface area contributed by atoms with Crippen molar-refractivity contribution in [2.75, 3.05) is 25.7 Å². The SMILES string of the molecule is CCC(Sc1nnc2n1CCN2c1ccc(OC)cc1)C(=O)OC. The summed E-state index contributed by atoms with van der Waals surface area (Å²) in [4.78, 5) is 13.9. The Morgan fingerprint density at radius 3 is 2.62 bits per heavy atom. The molecule has 0 amide bonds. The van der Waals surface area contributed by atoms with Crippen LogP contribution in [0.25, 0.3) is 0 Å². The second-order valence-corrected chi connectivity index (χ2v) is 6.49. The number of hydrogen-bond donors (Lipinski definition) is 0. The molecule has 2 aromatic rings. The number of carbonyl (C=O) groups is 1. The van der Waals surface area contributed by atoms with Crippen molar-refractivity contribution in [3.05, 3.63) is 24.3 Å². The second-order valence-electron chi connectivity index (χ2n) is 5.32. The van der Waals surface area contributed by atoms with E-state index >= 15 is 0 Å². The molecule has 1 aliphatic heterocycles. The van der Waals surface area contributed by atoms with Gasteiger partial charge in [0.15, 0.2) is 5.16 Å². The van der Waals surface area contributed by atoms with Crippen LogP contribution in [-0.4, -0.2) is 46.7 Å². The van der Waals surface area contributed by atoms with E-state index in [1.165, 1.54) is 18.9 Å². The minimum Gasteiger partial charge on any atom is -0.497 e. The molecule has 0 fully saturated rings. The van der Waals surface area contributed by atoms with Crippen molar-refractivity contribution in [2.45, 2.75) is 30.3 Å². The van der Waals surface area contributed by atoms with Crippen LogP contribution in [0.2, 0.25) is 0 Å². The number of aromatic nitrogens is 3. The molecule has 1 unspecified atom stereocenters. The molecular formula is C16H20N4O3S. The summed E-state index contributed by atoms with van der Waals surface area (Å²) in [6, 6.07) is 7.85. The van der Waals surface area contributed by atoms with Crippen molar-refractivity contribution in [2.24, 2.45) is 0 Å². The highest BCUT2D eigenvalue weighted by molar-refractivity contribution is 8.00. The van der Waals surface area contributed by atoms with Gasteiger partial charge in [-0.1, -0.05) is 18.7 Å². The Bertz CT molecular complexity index is 717. The van der Waals surface area contributed by atoms with Gasteiger partial charge < -0.3 is 14.4 Å². The van der Waals surface area contributed by atoms with Gasteiger partial charge in [-0.3, -0.25) is 9.36 Å². The summed E-state index contributed by atoms with van der Waals surface area (Å²) < 4.78 is 12.1. The fourth-order valence-corrected chi connectivity index (χ4v) is 3.63. The van der Waals surface area contributed by atoms with E-state index in [1.807, 2.05) is 35.8 Å². The van der Waals surface area contributed by atoms with Gasteiger partial charge in [-0.15, -0.1) is 10.2 Å². The number of carbonyl (C=O) groups excluding carboxylic acids is 1. The van der Waals surface area contributed by atoms with Crippen molar-refractivity contribution in [3.8, 4) is 5.75 Å². The average molecular weight is 348 g/mol. The fraction of sp³-hybridized carbons (Fsp3) is 0.438. The molecule has 2 heterocycles. The largest absolute Gasteiger partial charge is 0.497 e. The van der Waals surface area contributed by atoms with Gasteiger partial charge in [0, 0.05) is 18.8 Å². The first kappa shape index (κ1) is 16.6. The third kappa shape index (κ3) is 3.06. The standard InChI is InChI=1S/C16H20N4O3S/c1-4-13(14(21)23-3)24-16-18-17-15-19(9-10-20(15)16)11-5-7-12(22-2)8-6-11/h5-8,13H,4,9-10H2,1-3H3. The molecule has 0 bridgehead atoms. The maximum atomic E-state index is 11.8. The highest BCUT2D eigenvalue weighted by atomic mass is 32.2. The molecule has 3 rings (SSSR count). The maximum Gasteiger partial charge on any atom is 0.319 e. The number of methoxy groups -OCH3 is 2. The molecule has 1 aromatic heterocycles. The Kier molecular flexibility index (Phi) is 4.94. The first-order valence-electron chi connectivity index (χ1n) is 7.77. The summed E-state index contributed by atoms with van der Waals surface area (Å²) in [6.07, 6.45) is 0.682. The van der Waals surface area contributed by atoms with Gasteiger partial charge in [0.1, 0.15) is 11.0 Å². The van der Waals surface area contributed by atoms with Crippen LogP contribution in [0.15, 0.2) is 29.4 Å². The molecule has 24 heavy (non-hydrogen) atoms. The molecule has 0 saturated heterocycles. The van der Waals surface area contributed by atoms with Crippen molar-refractivity contribution in [3.63, 3.8) is 0 Å². The van der Waals surface area contributed by atoms with Gasteiger partial charge in [-0.2, -0.15) is 0 Å². The Morgan fingerprint density at radius 2 is 2.00 bits per heavy atom. The lowest BCUT2D eigenvalue weighted by Crippen LogP contribution is -2.18. The molecule has 0 radical (unpaired) electrons. The molecule has 1 atom stereocenters. The number of fused-ring (bicyclic) bond motifs is 1. The number of benzene rings is 1. The summed E-state index contributed by atoms with van der Waals surface area (Å²) in [5.74, 6) is 1.38. The van der Waals surface area contributed by atoms with Crippen LogP contribution in [-0.2, 0) is 16.1 Å². The maximum absolute atomic E-state index is 11.8. The fourth-order valence-electron chi connectivity index (χ4n) is 2.63. The van der Waals surface area contributed by atoms with Crippen LogP contribution in [0.5, 0.6) is 5.75 Å². The van der Waals surface area contributed by atoms with E-state index in [-0.39, 0.29) is 11.2 Å². The molecule has 0 N–H and O–H groups in total. The number of esters is 1. The van der Waals surface area contributed by atoms with E-state index in [4.69, 9.17) is 9.47 Å². The van der Waals surface area contributed by atoms with E-state index in [9.17, 15) is 4.79 Å². The Hall–Kier alpha value is -2.22. The molecule has 7 nitrogen and oxygen atoms in total. The number of nitrogens with zero attached hydrogens (tertiary/aromatic N) is 4. The van der Waals surface area contributed by atoms with Gasteiger partial charge >= 0.3 is 5.97 Å². The van der Waals surface area contributed by atoms with E-state index < -0.39 is 0 Å². The molecular weight excluding hydrogens is 328 g/mol. The van der Waals surface area contributed by atoms with Crippen molar-refractivity contribution in [1.82, 2.24) is 14.8 Å². The molecule has 0 spiro atoms. The molecule has 128 valence electrons. The van der Waals surface area contributed by atoms with Gasteiger partial charge in [0.05, 0.1) is 14.2 Å². The lowest BCUT2D eigenvalue weighted by molar-refractivity contribution is -0.140. The summed E-state index contributed by atoms with van der Waals surface area (Å²) in [5, 5.41) is 9.04. The van der Waals surface area contributed by atoms with Crippen LogP contribution >= 0.6 is 11.8 Å². The minimum atomic E-state index is -0.265. The summed E-state index contributed by atoms with van der Waals surface area (Å²) in [7, 11) is 3.06. The predicted octanol–water partition coefficient (Wildman–Crippen LogP) is 2.48. The predicted molar refractivity (Wildman–Crippen MR) is 92.0 cm³/mol. The van der Waals surface area contributed by atoms with Crippen LogP contribution in [0.4, 0.5) is 11.6 Å². The zero-order chi connectivity index (χ0) is 17.1. The van der Waals surface area contributed by atoms with E-state index in [0.717, 1.165) is 35.6 Å². The lowest BCUT2D eigenvalue weighted by Gasteiger charge is -2.15. The molecule has 1 aromatic carbocycles. The second kappa shape index (κ2) is 7.12. The molecule has 1 aliphatic rings. The van der Waals surface area contributed by atoms with Crippen molar-refractivity contribution in [1.29, 1.82) is 0 Å². The van der Waals surface area contributed by atoms with Crippen LogP contribution in [0.3, 0.4) is 0 Å². The van der Waals surface area contributed by atoms with Gasteiger partial charge in [0.2, 0.25) is 5.95 Å². The molecule has 8 heteroatoms. The third-order valence-corrected chi connectivity index (χ3v) is 5.28. The zero-order valence-corrected chi connectivity index (χ0v) is 14.7. The quantitative estimate of drug-likeness (QED) is 0.587. The van der Waals surface area contributed by atoms with E-state index in [2.05, 4.69) is 15.1 Å². The first-order chi connectivity index (χ1) is 11.7. The Labute approximate surface area is 145 Å². The highest BCUT2D eigenvalue weighted by Crippen LogP contribution is 2.34. The smallest absolute Gasteiger partial charge is 0.319 e. The van der Waals surface area contributed by atoms with Crippen molar-refractivity contribution >= 4 is 29.4 Å². The number of rotatable bonds is 6. The molecule has 0 saturated carbocycles. The van der Waals surface area contributed by atoms with E-state index in [0.29, 0.717) is 6.42 Å². The number of anilines is 2. The van der Waals surface area contributed by atoms with Crippen LogP contribution in [0.1, 0.15) is 13.3 Å². The summed E-state index contributed by atoms with van der Waals surface area (Å²) in [6.45, 7) is 3.56. The lowest BCUT2D eigenvalue weighted by atomic mass is 10.3. The third-order valence-electron chi connectivity index (χ3n) is 3.95. The van der Waals surface area contributed by atoms with Gasteiger partial charge in [0.25, 0.3) is 0 Å². The molecule has 0 aliphatic carbocycles. The summed E-state index contributed by atoms with van der Waals surface area (Å²) >= 11 is 1.40.